The van der Waals surface area contributed by atoms with Gasteiger partial charge >= 0.3 is 0 Å². The van der Waals surface area contributed by atoms with E-state index in [-0.39, 0.29) is 18.0 Å². The zero-order valence-electron chi connectivity index (χ0n) is 11.4. The van der Waals surface area contributed by atoms with Crippen molar-refractivity contribution in [2.24, 2.45) is 5.92 Å². The number of carbonyl (C=O) groups excluding carboxylic acids is 1. The second-order valence-electron chi connectivity index (χ2n) is 5.42. The number of piperidine rings is 1. The number of carbonyl (C=O) groups is 1. The van der Waals surface area contributed by atoms with Crippen LogP contribution in [0.4, 0.5) is 0 Å². The highest BCUT2D eigenvalue weighted by molar-refractivity contribution is 6.30. The fourth-order valence-corrected chi connectivity index (χ4v) is 2.58. The summed E-state index contributed by atoms with van der Waals surface area (Å²) in [4.78, 5) is 12.2. The van der Waals surface area contributed by atoms with Gasteiger partial charge in [0.25, 0.3) is 0 Å². The molecule has 0 radical (unpaired) electrons. The van der Waals surface area contributed by atoms with Crippen LogP contribution in [0.2, 0.25) is 5.02 Å². The van der Waals surface area contributed by atoms with Crippen LogP contribution in [-0.2, 0) is 4.79 Å². The first-order valence-corrected chi connectivity index (χ1v) is 7.23. The zero-order chi connectivity index (χ0) is 13.8. The first-order valence-electron chi connectivity index (χ1n) is 6.85. The average molecular weight is 281 g/mol. The van der Waals surface area contributed by atoms with Crippen LogP contribution in [-0.4, -0.2) is 18.5 Å². The van der Waals surface area contributed by atoms with Gasteiger partial charge in [0.05, 0.1) is 12.1 Å². The summed E-state index contributed by atoms with van der Waals surface area (Å²) >= 11 is 5.86. The minimum atomic E-state index is -0.0569. The lowest BCUT2D eigenvalue weighted by Gasteiger charge is -2.28. The number of hydrogen-bond donors (Lipinski definition) is 2. The average Bonchev–Trinajstić information content (AvgIpc) is 2.39. The van der Waals surface area contributed by atoms with E-state index in [1.165, 1.54) is 0 Å². The van der Waals surface area contributed by atoms with E-state index in [1.807, 2.05) is 31.2 Å². The third kappa shape index (κ3) is 3.95. The second-order valence-corrected chi connectivity index (χ2v) is 5.85. The van der Waals surface area contributed by atoms with Crippen LogP contribution in [0.5, 0.6) is 0 Å². The lowest BCUT2D eigenvalue weighted by molar-refractivity contribution is -0.124. The van der Waals surface area contributed by atoms with Gasteiger partial charge in [-0.2, -0.15) is 0 Å². The highest BCUT2D eigenvalue weighted by Gasteiger charge is 2.25. The summed E-state index contributed by atoms with van der Waals surface area (Å²) in [6, 6.07) is 7.54. The molecule has 0 saturated carbocycles. The van der Waals surface area contributed by atoms with Crippen LogP contribution >= 0.6 is 11.6 Å². The number of nitrogens with one attached hydrogen (secondary N) is 2. The van der Waals surface area contributed by atoms with Gasteiger partial charge in [0.15, 0.2) is 0 Å². The standard InChI is InChI=1S/C15H21ClN2O/c1-10-7-8-17-14(9-10)15(19)18-11(2)12-3-5-13(16)6-4-12/h3-6,10-11,14,17H,7-9H2,1-2H3,(H,18,19)/t10?,11-,14?/m1/s1. The Labute approximate surface area is 119 Å². The van der Waals surface area contributed by atoms with Gasteiger partial charge in [-0.3, -0.25) is 4.79 Å². The molecule has 3 nitrogen and oxygen atoms in total. The smallest absolute Gasteiger partial charge is 0.237 e. The van der Waals surface area contributed by atoms with Gasteiger partial charge in [-0.05, 0) is 49.9 Å². The van der Waals surface area contributed by atoms with Gasteiger partial charge in [-0.25, -0.2) is 0 Å². The molecule has 2 rings (SSSR count). The van der Waals surface area contributed by atoms with Crippen LogP contribution < -0.4 is 10.6 Å². The van der Waals surface area contributed by atoms with E-state index in [4.69, 9.17) is 11.6 Å². The SMILES string of the molecule is CC1CCNC(C(=O)N[C@H](C)c2ccc(Cl)cc2)C1. The van der Waals surface area contributed by atoms with Crippen molar-refractivity contribution >= 4 is 17.5 Å². The topological polar surface area (TPSA) is 41.1 Å². The number of rotatable bonds is 3. The molecule has 0 aromatic heterocycles. The van der Waals surface area contributed by atoms with Crippen LogP contribution in [0.25, 0.3) is 0 Å². The fraction of sp³-hybridized carbons (Fsp3) is 0.533. The Morgan fingerprint density at radius 3 is 2.74 bits per heavy atom. The van der Waals surface area contributed by atoms with Crippen molar-refractivity contribution in [2.45, 2.75) is 38.8 Å². The molecular weight excluding hydrogens is 260 g/mol. The molecule has 2 unspecified atom stereocenters. The summed E-state index contributed by atoms with van der Waals surface area (Å²) in [6.45, 7) is 5.12. The van der Waals surface area contributed by atoms with Crippen molar-refractivity contribution in [3.05, 3.63) is 34.9 Å². The molecule has 19 heavy (non-hydrogen) atoms. The minimum absolute atomic E-state index is 0.00352. The van der Waals surface area contributed by atoms with Crippen molar-refractivity contribution in [1.82, 2.24) is 10.6 Å². The number of hydrogen-bond acceptors (Lipinski definition) is 2. The van der Waals surface area contributed by atoms with Crippen molar-refractivity contribution in [3.8, 4) is 0 Å². The quantitative estimate of drug-likeness (QED) is 0.894. The van der Waals surface area contributed by atoms with Crippen molar-refractivity contribution in [1.29, 1.82) is 0 Å². The van der Waals surface area contributed by atoms with E-state index in [2.05, 4.69) is 17.6 Å². The maximum absolute atomic E-state index is 12.2. The van der Waals surface area contributed by atoms with Crippen LogP contribution in [0, 0.1) is 5.92 Å². The van der Waals surface area contributed by atoms with E-state index in [0.29, 0.717) is 10.9 Å². The van der Waals surface area contributed by atoms with Gasteiger partial charge in [0.2, 0.25) is 5.91 Å². The maximum Gasteiger partial charge on any atom is 0.237 e. The van der Waals surface area contributed by atoms with Crippen LogP contribution in [0.3, 0.4) is 0 Å². The lowest BCUT2D eigenvalue weighted by atomic mass is 9.93. The molecular formula is C15H21ClN2O. The zero-order valence-corrected chi connectivity index (χ0v) is 12.2. The molecule has 1 fully saturated rings. The molecule has 0 bridgehead atoms. The van der Waals surface area contributed by atoms with Gasteiger partial charge in [0.1, 0.15) is 0 Å². The summed E-state index contributed by atoms with van der Waals surface area (Å²) in [7, 11) is 0. The molecule has 3 atom stereocenters. The molecule has 1 saturated heterocycles. The van der Waals surface area contributed by atoms with E-state index >= 15 is 0 Å². The second kappa shape index (κ2) is 6.40. The minimum Gasteiger partial charge on any atom is -0.348 e. The summed E-state index contributed by atoms with van der Waals surface area (Å²) in [5, 5.41) is 7.06. The third-order valence-electron chi connectivity index (χ3n) is 3.71. The molecule has 1 aromatic carbocycles. The predicted molar refractivity (Wildman–Crippen MR) is 78.2 cm³/mol. The Hall–Kier alpha value is -1.06. The fourth-order valence-electron chi connectivity index (χ4n) is 2.46. The van der Waals surface area contributed by atoms with Crippen molar-refractivity contribution in [2.75, 3.05) is 6.54 Å². The molecule has 1 aromatic rings. The number of amides is 1. The van der Waals surface area contributed by atoms with Crippen molar-refractivity contribution < 1.29 is 4.79 Å². The Kier molecular flexibility index (Phi) is 4.83. The highest BCUT2D eigenvalue weighted by atomic mass is 35.5. The van der Waals surface area contributed by atoms with Gasteiger partial charge in [0, 0.05) is 5.02 Å². The van der Waals surface area contributed by atoms with Gasteiger partial charge in [-0.15, -0.1) is 0 Å². The largest absolute Gasteiger partial charge is 0.348 e. The maximum atomic E-state index is 12.2. The summed E-state index contributed by atoms with van der Waals surface area (Å²) in [5.74, 6) is 0.705. The number of halogens is 1. The first-order chi connectivity index (χ1) is 9.06. The summed E-state index contributed by atoms with van der Waals surface area (Å²) in [6.07, 6.45) is 2.07. The van der Waals surface area contributed by atoms with E-state index in [0.717, 1.165) is 24.9 Å². The first kappa shape index (κ1) is 14.4. The normalized spacial score (nSPS) is 24.8. The molecule has 1 aliphatic heterocycles. The van der Waals surface area contributed by atoms with Crippen LogP contribution in [0.1, 0.15) is 38.3 Å². The third-order valence-corrected chi connectivity index (χ3v) is 3.96. The van der Waals surface area contributed by atoms with Gasteiger partial charge < -0.3 is 10.6 Å². The Bertz CT molecular complexity index is 432. The lowest BCUT2D eigenvalue weighted by Crippen LogP contribution is -2.48. The van der Waals surface area contributed by atoms with Gasteiger partial charge in [-0.1, -0.05) is 30.7 Å². The Balaban J connectivity index is 1.92. The molecule has 4 heteroatoms. The molecule has 0 spiro atoms. The monoisotopic (exact) mass is 280 g/mol. The van der Waals surface area contributed by atoms with Crippen molar-refractivity contribution in [3.63, 3.8) is 0 Å². The molecule has 0 aliphatic carbocycles. The van der Waals surface area contributed by atoms with E-state index in [1.54, 1.807) is 0 Å². The molecule has 1 heterocycles. The van der Waals surface area contributed by atoms with E-state index < -0.39 is 0 Å². The Morgan fingerprint density at radius 2 is 2.11 bits per heavy atom. The number of benzene rings is 1. The highest BCUT2D eigenvalue weighted by Crippen LogP contribution is 2.18. The van der Waals surface area contributed by atoms with Crippen LogP contribution in [0.15, 0.2) is 24.3 Å². The molecule has 1 aliphatic rings. The summed E-state index contributed by atoms with van der Waals surface area (Å²) < 4.78 is 0. The van der Waals surface area contributed by atoms with E-state index in [9.17, 15) is 4.79 Å². The molecule has 104 valence electrons. The summed E-state index contributed by atoms with van der Waals surface area (Å²) in [5.41, 5.74) is 1.07. The molecule has 2 N–H and O–H groups in total. The molecule has 1 amide bonds. The predicted octanol–water partition coefficient (Wildman–Crippen LogP) is 2.91. The Morgan fingerprint density at radius 1 is 1.42 bits per heavy atom.